The number of imidazole rings is 2. The van der Waals surface area contributed by atoms with Crippen molar-refractivity contribution in [2.24, 2.45) is 7.05 Å². The molecule has 1 N–H and O–H groups in total. The summed E-state index contributed by atoms with van der Waals surface area (Å²) in [4.78, 5) is 17.7. The Morgan fingerprint density at radius 3 is 2.20 bits per heavy atom. The van der Waals surface area contributed by atoms with Crippen LogP contribution in [-0.2, 0) is 33.8 Å². The summed E-state index contributed by atoms with van der Waals surface area (Å²) in [6, 6.07) is 10.3. The van der Waals surface area contributed by atoms with E-state index in [2.05, 4.69) is 21.7 Å². The van der Waals surface area contributed by atoms with Gasteiger partial charge in [-0.2, -0.15) is 17.5 Å². The summed E-state index contributed by atoms with van der Waals surface area (Å²) < 4.78 is 63.0. The number of hydrogen-bond acceptors (Lipinski definition) is 5. The summed E-state index contributed by atoms with van der Waals surface area (Å²) in [5.74, 6) is -1.64. The predicted octanol–water partition coefficient (Wildman–Crippen LogP) is 3.04. The van der Waals surface area contributed by atoms with E-state index in [1.165, 1.54) is 11.9 Å². The van der Waals surface area contributed by atoms with Gasteiger partial charge in [-0.25, -0.2) is 23.2 Å². The molecular formula is C22H24F3N5O4S. The molecule has 3 aromatic rings. The summed E-state index contributed by atoms with van der Waals surface area (Å²) in [5.41, 5.74) is 2.30. The van der Waals surface area contributed by atoms with Crippen LogP contribution >= 0.6 is 0 Å². The molecule has 9 nitrogen and oxygen atoms in total. The normalized spacial score (nSPS) is 17.6. The van der Waals surface area contributed by atoms with Crippen molar-refractivity contribution in [2.75, 3.05) is 13.1 Å². The summed E-state index contributed by atoms with van der Waals surface area (Å²) in [5, 5.41) is 7.25. The predicted molar refractivity (Wildman–Crippen MR) is 119 cm³/mol. The van der Waals surface area contributed by atoms with E-state index in [0.29, 0.717) is 13.1 Å². The molecule has 1 fully saturated rings. The number of hydrogen-bond donors (Lipinski definition) is 1. The topological polar surface area (TPSA) is 110 Å². The Kier molecular flexibility index (Phi) is 6.49. The summed E-state index contributed by atoms with van der Waals surface area (Å²) in [6.45, 7) is 1.95. The number of nitrogens with zero attached hydrogens (tertiary/aromatic N) is 5. The van der Waals surface area contributed by atoms with Crippen LogP contribution < -0.4 is 0 Å². The second-order valence-corrected chi connectivity index (χ2v) is 10.5. The first-order valence-corrected chi connectivity index (χ1v) is 12.3. The highest BCUT2D eigenvalue weighted by Gasteiger charge is 2.46. The van der Waals surface area contributed by atoms with Crippen molar-refractivity contribution in [1.82, 2.24) is 23.4 Å². The molecule has 2 aliphatic heterocycles. The third kappa shape index (κ3) is 4.82. The SMILES string of the molecule is Cn1cnc(S(=O)(=O)N2CCC3(CC2)CCn2c(-c4ccccc4)cnc23)c1.O=C(O)C(F)(F)F. The van der Waals surface area contributed by atoms with Crippen LogP contribution in [0.5, 0.6) is 0 Å². The zero-order valence-corrected chi connectivity index (χ0v) is 19.6. The van der Waals surface area contributed by atoms with Gasteiger partial charge in [0.25, 0.3) is 10.0 Å². The molecule has 2 aliphatic rings. The first-order chi connectivity index (χ1) is 16.4. The van der Waals surface area contributed by atoms with E-state index >= 15 is 0 Å². The molecule has 2 aromatic heterocycles. The highest BCUT2D eigenvalue weighted by Crippen LogP contribution is 2.45. The third-order valence-electron chi connectivity index (χ3n) is 6.42. The number of carbonyl (C=O) groups is 1. The molecular weight excluding hydrogens is 487 g/mol. The molecule has 188 valence electrons. The van der Waals surface area contributed by atoms with Gasteiger partial charge in [0.1, 0.15) is 5.82 Å². The van der Waals surface area contributed by atoms with E-state index in [1.807, 2.05) is 24.4 Å². The van der Waals surface area contributed by atoms with E-state index in [1.54, 1.807) is 22.1 Å². The fourth-order valence-electron chi connectivity index (χ4n) is 4.58. The number of piperidine rings is 1. The number of benzene rings is 1. The van der Waals surface area contributed by atoms with E-state index in [-0.39, 0.29) is 10.4 Å². The van der Waals surface area contributed by atoms with Crippen molar-refractivity contribution < 1.29 is 31.5 Å². The summed E-state index contributed by atoms with van der Waals surface area (Å²) in [6.07, 6.45) is 2.58. The maximum Gasteiger partial charge on any atom is 0.490 e. The molecule has 13 heteroatoms. The minimum Gasteiger partial charge on any atom is -0.475 e. The van der Waals surface area contributed by atoms with Gasteiger partial charge in [-0.1, -0.05) is 30.3 Å². The molecule has 1 aromatic carbocycles. The third-order valence-corrected chi connectivity index (χ3v) is 8.21. The van der Waals surface area contributed by atoms with E-state index in [9.17, 15) is 21.6 Å². The number of rotatable bonds is 3. The van der Waals surface area contributed by atoms with E-state index in [4.69, 9.17) is 14.9 Å². The van der Waals surface area contributed by atoms with Crippen LogP contribution in [0.15, 0.2) is 54.1 Å². The lowest BCUT2D eigenvalue weighted by atomic mass is 9.77. The van der Waals surface area contributed by atoms with E-state index < -0.39 is 22.2 Å². The molecule has 35 heavy (non-hydrogen) atoms. The molecule has 0 aliphatic carbocycles. The lowest BCUT2D eigenvalue weighted by molar-refractivity contribution is -0.192. The Hall–Kier alpha value is -3.19. The molecule has 0 amide bonds. The number of aryl methyl sites for hydroxylation is 1. The molecule has 1 saturated heterocycles. The molecule has 5 rings (SSSR count). The summed E-state index contributed by atoms with van der Waals surface area (Å²) in [7, 11) is -1.75. The highest BCUT2D eigenvalue weighted by atomic mass is 32.2. The van der Waals surface area contributed by atoms with Crippen molar-refractivity contribution in [2.45, 2.75) is 42.4 Å². The van der Waals surface area contributed by atoms with Gasteiger partial charge in [0.15, 0.2) is 5.03 Å². The first-order valence-electron chi connectivity index (χ1n) is 10.8. The highest BCUT2D eigenvalue weighted by molar-refractivity contribution is 7.89. The monoisotopic (exact) mass is 511 g/mol. The van der Waals surface area contributed by atoms with Crippen LogP contribution in [0.3, 0.4) is 0 Å². The van der Waals surface area contributed by atoms with Crippen LogP contribution in [0.2, 0.25) is 0 Å². The molecule has 0 unspecified atom stereocenters. The Bertz CT molecular complexity index is 1310. The van der Waals surface area contributed by atoms with Gasteiger partial charge in [-0.15, -0.1) is 0 Å². The van der Waals surface area contributed by atoms with E-state index in [0.717, 1.165) is 37.3 Å². The van der Waals surface area contributed by atoms with Crippen molar-refractivity contribution in [3.8, 4) is 11.3 Å². The standard InChI is InChI=1S/C20H23N5O2S.C2HF3O2/c1-23-14-18(22-15-23)28(26,27)24-10-7-20(8-11-24)9-12-25-17(13-21-19(20)25)16-5-3-2-4-6-16;3-2(4,5)1(6)7/h2-6,13-15H,7-12H2,1H3;(H,6,7). The number of aliphatic carboxylic acids is 1. The second kappa shape index (κ2) is 9.11. The number of fused-ring (bicyclic) bond motifs is 2. The van der Waals surface area contributed by atoms with Gasteiger partial charge in [0.05, 0.1) is 18.2 Å². The molecule has 4 heterocycles. The Morgan fingerprint density at radius 2 is 1.66 bits per heavy atom. The zero-order chi connectivity index (χ0) is 25.4. The first kappa shape index (κ1) is 24.9. The summed E-state index contributed by atoms with van der Waals surface area (Å²) >= 11 is 0. The van der Waals surface area contributed by atoms with Gasteiger partial charge < -0.3 is 14.2 Å². The van der Waals surface area contributed by atoms with Crippen LogP contribution in [-0.4, -0.2) is 62.2 Å². The quantitative estimate of drug-likeness (QED) is 0.579. The van der Waals surface area contributed by atoms with Crippen molar-refractivity contribution in [1.29, 1.82) is 0 Å². The molecule has 1 spiro atoms. The van der Waals surface area contributed by atoms with Crippen molar-refractivity contribution >= 4 is 16.0 Å². The van der Waals surface area contributed by atoms with Gasteiger partial charge in [0.2, 0.25) is 0 Å². The number of aromatic nitrogens is 4. The van der Waals surface area contributed by atoms with Crippen LogP contribution in [0, 0.1) is 0 Å². The molecule has 0 saturated carbocycles. The second-order valence-electron chi connectivity index (χ2n) is 8.60. The lowest BCUT2D eigenvalue weighted by Crippen LogP contribution is -2.44. The molecule has 0 radical (unpaired) electrons. The number of carboxylic acids is 1. The smallest absolute Gasteiger partial charge is 0.475 e. The largest absolute Gasteiger partial charge is 0.490 e. The van der Waals surface area contributed by atoms with Gasteiger partial charge in [0, 0.05) is 38.3 Å². The Morgan fingerprint density at radius 1 is 1.06 bits per heavy atom. The average molecular weight is 512 g/mol. The van der Waals surface area contributed by atoms with Gasteiger partial charge in [-0.3, -0.25) is 0 Å². The number of carboxylic acid groups (broad SMARTS) is 1. The fourth-order valence-corrected chi connectivity index (χ4v) is 5.99. The maximum absolute atomic E-state index is 12.9. The van der Waals surface area contributed by atoms with Crippen LogP contribution in [0.1, 0.15) is 25.1 Å². The maximum atomic E-state index is 12.9. The Labute approximate surface area is 199 Å². The van der Waals surface area contributed by atoms with Gasteiger partial charge in [-0.05, 0) is 24.8 Å². The van der Waals surface area contributed by atoms with Gasteiger partial charge >= 0.3 is 12.1 Å². The lowest BCUT2D eigenvalue weighted by Gasteiger charge is -2.37. The number of sulfonamides is 1. The fraction of sp³-hybridized carbons (Fsp3) is 0.409. The minimum absolute atomic E-state index is 0.0246. The van der Waals surface area contributed by atoms with Crippen LogP contribution in [0.4, 0.5) is 13.2 Å². The number of alkyl halides is 3. The minimum atomic E-state index is -5.08. The van der Waals surface area contributed by atoms with Crippen LogP contribution in [0.25, 0.3) is 11.3 Å². The molecule has 0 bridgehead atoms. The van der Waals surface area contributed by atoms with Crippen molar-refractivity contribution in [3.05, 3.63) is 54.9 Å². The van der Waals surface area contributed by atoms with Crippen molar-refractivity contribution in [3.63, 3.8) is 0 Å². The molecule has 0 atom stereocenters. The zero-order valence-electron chi connectivity index (χ0n) is 18.8. The Balaban J connectivity index is 0.000000364. The average Bonchev–Trinajstić information content (AvgIpc) is 3.52. The number of halogens is 3.